The van der Waals surface area contributed by atoms with Gasteiger partial charge in [0.1, 0.15) is 11.9 Å². The van der Waals surface area contributed by atoms with E-state index in [9.17, 15) is 9.59 Å². The molecule has 3 rings (SSSR count). The predicted molar refractivity (Wildman–Crippen MR) is 89.2 cm³/mol. The monoisotopic (exact) mass is 331 g/mol. The third-order valence-corrected chi connectivity index (χ3v) is 4.63. The Morgan fingerprint density at radius 1 is 1.46 bits per heavy atom. The van der Waals surface area contributed by atoms with Gasteiger partial charge in [0.2, 0.25) is 11.8 Å². The van der Waals surface area contributed by atoms with Crippen molar-refractivity contribution >= 4 is 11.8 Å². The molecule has 2 aliphatic rings. The average Bonchev–Trinajstić information content (AvgIpc) is 2.79. The van der Waals surface area contributed by atoms with Gasteiger partial charge in [-0.3, -0.25) is 14.5 Å². The Morgan fingerprint density at radius 3 is 3.17 bits per heavy atom. The second-order valence-corrected chi connectivity index (χ2v) is 6.48. The molecule has 0 spiro atoms. The average molecular weight is 331 g/mol. The molecule has 7 nitrogen and oxygen atoms in total. The lowest BCUT2D eigenvalue weighted by atomic mass is 10.1. The number of hydrogen-bond donors (Lipinski definition) is 2. The maximum atomic E-state index is 12.3. The van der Waals surface area contributed by atoms with Crippen molar-refractivity contribution in [3.63, 3.8) is 0 Å². The Kier molecular flexibility index (Phi) is 5.40. The zero-order valence-electron chi connectivity index (χ0n) is 14.2. The van der Waals surface area contributed by atoms with Crippen LogP contribution >= 0.6 is 0 Å². The van der Waals surface area contributed by atoms with E-state index < -0.39 is 6.04 Å². The lowest BCUT2D eigenvalue weighted by molar-refractivity contribution is -0.129. The molecule has 1 atom stereocenters. The highest BCUT2D eigenvalue weighted by Crippen LogP contribution is 2.16. The van der Waals surface area contributed by atoms with Crippen LogP contribution in [-0.2, 0) is 29.0 Å². The Hall–Kier alpha value is -2.02. The van der Waals surface area contributed by atoms with Crippen molar-refractivity contribution in [1.82, 2.24) is 25.5 Å². The molecular formula is C17H25N5O2. The maximum Gasteiger partial charge on any atom is 0.242 e. The van der Waals surface area contributed by atoms with Gasteiger partial charge in [-0.25, -0.2) is 9.97 Å². The third-order valence-electron chi connectivity index (χ3n) is 4.63. The summed E-state index contributed by atoms with van der Waals surface area (Å²) in [6.45, 7) is 4.51. The van der Waals surface area contributed by atoms with E-state index in [2.05, 4.69) is 25.5 Å². The topological polar surface area (TPSA) is 87.2 Å². The van der Waals surface area contributed by atoms with Crippen LogP contribution in [0.15, 0.2) is 6.20 Å². The molecule has 1 aromatic rings. The first kappa shape index (κ1) is 16.8. The molecule has 2 aliphatic heterocycles. The highest BCUT2D eigenvalue weighted by molar-refractivity contribution is 5.88. The summed E-state index contributed by atoms with van der Waals surface area (Å²) < 4.78 is 0. The van der Waals surface area contributed by atoms with Crippen LogP contribution in [-0.4, -0.2) is 52.4 Å². The van der Waals surface area contributed by atoms with Crippen molar-refractivity contribution in [1.29, 1.82) is 0 Å². The highest BCUT2D eigenvalue weighted by atomic mass is 16.2. The molecule has 1 aromatic heterocycles. The largest absolute Gasteiger partial charge is 0.354 e. The van der Waals surface area contributed by atoms with E-state index in [1.807, 2.05) is 13.1 Å². The summed E-state index contributed by atoms with van der Waals surface area (Å²) >= 11 is 0. The van der Waals surface area contributed by atoms with Gasteiger partial charge >= 0.3 is 0 Å². The fourth-order valence-electron chi connectivity index (χ4n) is 3.22. The molecule has 3 heterocycles. The first-order valence-electron chi connectivity index (χ1n) is 8.79. The summed E-state index contributed by atoms with van der Waals surface area (Å²) in [4.78, 5) is 35.2. The van der Waals surface area contributed by atoms with Crippen LogP contribution in [0.25, 0.3) is 0 Å². The van der Waals surface area contributed by atoms with E-state index >= 15 is 0 Å². The zero-order chi connectivity index (χ0) is 16.9. The number of nitrogens with one attached hydrogen (secondary N) is 2. The number of amides is 2. The summed E-state index contributed by atoms with van der Waals surface area (Å²) in [5, 5.41) is 5.72. The van der Waals surface area contributed by atoms with Crippen molar-refractivity contribution in [3.05, 3.63) is 23.3 Å². The van der Waals surface area contributed by atoms with Crippen LogP contribution in [0.1, 0.15) is 43.3 Å². The zero-order valence-corrected chi connectivity index (χ0v) is 14.2. The van der Waals surface area contributed by atoms with Gasteiger partial charge in [0, 0.05) is 32.3 Å². The number of hydrogen-bond acceptors (Lipinski definition) is 5. The molecule has 7 heteroatoms. The molecule has 0 aromatic carbocycles. The van der Waals surface area contributed by atoms with Crippen molar-refractivity contribution in [2.45, 2.75) is 51.6 Å². The highest BCUT2D eigenvalue weighted by Gasteiger charge is 2.25. The Labute approximate surface area is 142 Å². The Balaban J connectivity index is 1.56. The maximum absolute atomic E-state index is 12.3. The summed E-state index contributed by atoms with van der Waals surface area (Å²) in [5.74, 6) is 0.686. The number of aromatic nitrogens is 2. The molecule has 1 fully saturated rings. The first-order valence-corrected chi connectivity index (χ1v) is 8.79. The smallest absolute Gasteiger partial charge is 0.242 e. The van der Waals surface area contributed by atoms with E-state index in [0.29, 0.717) is 26.1 Å². The van der Waals surface area contributed by atoms with E-state index in [0.717, 1.165) is 43.7 Å². The Bertz CT molecular complexity index is 619. The van der Waals surface area contributed by atoms with Gasteiger partial charge in [-0.2, -0.15) is 0 Å². The molecule has 0 aliphatic carbocycles. The van der Waals surface area contributed by atoms with E-state index in [1.165, 1.54) is 5.56 Å². The first-order chi connectivity index (χ1) is 11.7. The third kappa shape index (κ3) is 4.08. The number of carbonyl (C=O) groups excluding carboxylic acids is 2. The van der Waals surface area contributed by atoms with Crippen molar-refractivity contribution in [3.8, 4) is 0 Å². The lowest BCUT2D eigenvalue weighted by Crippen LogP contribution is -2.49. The van der Waals surface area contributed by atoms with Gasteiger partial charge in [-0.15, -0.1) is 0 Å². The van der Waals surface area contributed by atoms with Gasteiger partial charge in [0.25, 0.3) is 0 Å². The van der Waals surface area contributed by atoms with Crippen molar-refractivity contribution in [2.75, 3.05) is 19.6 Å². The second-order valence-electron chi connectivity index (χ2n) is 6.48. The predicted octanol–water partition coefficient (Wildman–Crippen LogP) is 0.182. The quantitative estimate of drug-likeness (QED) is 0.822. The molecule has 0 saturated carbocycles. The second kappa shape index (κ2) is 7.70. The molecule has 0 bridgehead atoms. The number of fused-ring (bicyclic) bond motifs is 1. The molecule has 0 radical (unpaired) electrons. The fraction of sp³-hybridized carbons (Fsp3) is 0.647. The minimum atomic E-state index is -0.397. The Morgan fingerprint density at radius 2 is 2.33 bits per heavy atom. The van der Waals surface area contributed by atoms with Crippen LogP contribution in [0.3, 0.4) is 0 Å². The van der Waals surface area contributed by atoms with Crippen LogP contribution < -0.4 is 10.6 Å². The SMILES string of the molecule is CCc1ncc2c(n1)CN(CC(=O)N[C@@H]1CCCCNC1=O)CC2. The minimum absolute atomic E-state index is 0.0647. The van der Waals surface area contributed by atoms with E-state index in [1.54, 1.807) is 0 Å². The van der Waals surface area contributed by atoms with Crippen molar-refractivity contribution < 1.29 is 9.59 Å². The molecule has 24 heavy (non-hydrogen) atoms. The van der Waals surface area contributed by atoms with Gasteiger partial charge in [0.05, 0.1) is 12.2 Å². The van der Waals surface area contributed by atoms with Crippen LogP contribution in [0.4, 0.5) is 0 Å². The molecule has 1 saturated heterocycles. The summed E-state index contributed by atoms with van der Waals surface area (Å²) in [7, 11) is 0. The molecular weight excluding hydrogens is 306 g/mol. The molecule has 0 unspecified atom stereocenters. The van der Waals surface area contributed by atoms with Crippen molar-refractivity contribution in [2.24, 2.45) is 0 Å². The number of carbonyl (C=O) groups is 2. The van der Waals surface area contributed by atoms with Crippen LogP contribution in [0.2, 0.25) is 0 Å². The fourth-order valence-corrected chi connectivity index (χ4v) is 3.22. The number of nitrogens with zero attached hydrogens (tertiary/aromatic N) is 3. The van der Waals surface area contributed by atoms with Crippen LogP contribution in [0.5, 0.6) is 0 Å². The number of aryl methyl sites for hydroxylation is 1. The molecule has 2 N–H and O–H groups in total. The van der Waals surface area contributed by atoms with Crippen LogP contribution in [0, 0.1) is 0 Å². The lowest BCUT2D eigenvalue weighted by Gasteiger charge is -2.28. The standard InChI is InChI=1S/C17H25N5O2/c1-2-15-19-9-12-6-8-22(10-14(12)20-15)11-16(23)21-13-5-3-4-7-18-17(13)24/h9,13H,2-8,10-11H2,1H3,(H,18,24)(H,21,23)/t13-/m1/s1. The van der Waals surface area contributed by atoms with Gasteiger partial charge in [0.15, 0.2) is 0 Å². The summed E-state index contributed by atoms with van der Waals surface area (Å²) in [6.07, 6.45) is 6.22. The summed E-state index contributed by atoms with van der Waals surface area (Å²) in [6, 6.07) is -0.397. The normalized spacial score (nSPS) is 21.5. The van der Waals surface area contributed by atoms with E-state index in [4.69, 9.17) is 0 Å². The van der Waals surface area contributed by atoms with E-state index in [-0.39, 0.29) is 11.8 Å². The van der Waals surface area contributed by atoms with Gasteiger partial charge in [-0.05, 0) is 31.2 Å². The molecule has 2 amide bonds. The van der Waals surface area contributed by atoms with Gasteiger partial charge < -0.3 is 10.6 Å². The number of rotatable bonds is 4. The minimum Gasteiger partial charge on any atom is -0.354 e. The molecule has 130 valence electrons. The summed E-state index contributed by atoms with van der Waals surface area (Å²) in [5.41, 5.74) is 2.19. The van der Waals surface area contributed by atoms with Gasteiger partial charge in [-0.1, -0.05) is 6.92 Å².